The van der Waals surface area contributed by atoms with Crippen LogP contribution in [-0.4, -0.2) is 46.8 Å². The molecule has 2 N–H and O–H groups in total. The molecule has 0 bridgehead atoms. The van der Waals surface area contributed by atoms with E-state index in [4.69, 9.17) is 4.74 Å². The number of carboxylic acids is 1. The maximum atomic E-state index is 12.8. The van der Waals surface area contributed by atoms with Crippen molar-refractivity contribution in [3.05, 3.63) is 35.9 Å². The molecule has 160 valence electrons. The average Bonchev–Trinajstić information content (AvgIpc) is 3.15. The Balaban J connectivity index is 1.58. The Hall–Kier alpha value is -2.08. The van der Waals surface area contributed by atoms with Crippen LogP contribution in [0.2, 0.25) is 0 Å². The summed E-state index contributed by atoms with van der Waals surface area (Å²) >= 11 is 0. The molecule has 1 saturated carbocycles. The normalized spacial score (nSPS) is 27.6. The number of amides is 1. The van der Waals surface area contributed by atoms with Crippen molar-refractivity contribution < 1.29 is 19.4 Å². The zero-order valence-corrected chi connectivity index (χ0v) is 17.8. The predicted octanol–water partition coefficient (Wildman–Crippen LogP) is 4.05. The van der Waals surface area contributed by atoms with Gasteiger partial charge < -0.3 is 15.2 Å². The standard InChI is InChI=1S/C23H34N2O4/c1-23(2,3)18-10-7-11-20(18)29-22(28)25-13-12-17(14-19(25)21(26)27)24-15-16-8-5-4-6-9-16/h4-6,8-9,17-20,24H,7,10-15H2,1-3H3,(H,26,27)/t17?,18?,19-,20?/m1/s1. The molecule has 0 radical (unpaired) electrons. The summed E-state index contributed by atoms with van der Waals surface area (Å²) in [5.74, 6) is -0.647. The fraction of sp³-hybridized carbons (Fsp3) is 0.652. The SMILES string of the molecule is CC(C)(C)C1CCCC1OC(=O)N1CCC(NCc2ccccc2)C[C@@H]1C(=O)O. The fourth-order valence-corrected chi connectivity index (χ4v) is 4.72. The van der Waals surface area contributed by atoms with Gasteiger partial charge in [0, 0.05) is 25.0 Å². The van der Waals surface area contributed by atoms with Crippen molar-refractivity contribution in [3.8, 4) is 0 Å². The minimum Gasteiger partial charge on any atom is -0.480 e. The summed E-state index contributed by atoms with van der Waals surface area (Å²) < 4.78 is 5.84. The molecule has 3 unspecified atom stereocenters. The number of aliphatic carboxylic acids is 1. The van der Waals surface area contributed by atoms with Gasteiger partial charge in [-0.2, -0.15) is 0 Å². The van der Waals surface area contributed by atoms with Crippen LogP contribution in [0.5, 0.6) is 0 Å². The minimum atomic E-state index is -0.966. The van der Waals surface area contributed by atoms with Gasteiger partial charge in [0.1, 0.15) is 12.1 Å². The summed E-state index contributed by atoms with van der Waals surface area (Å²) in [6, 6.07) is 9.26. The van der Waals surface area contributed by atoms with Crippen molar-refractivity contribution in [1.29, 1.82) is 0 Å². The zero-order chi connectivity index (χ0) is 21.0. The minimum absolute atomic E-state index is 0.0640. The number of ether oxygens (including phenoxy) is 1. The molecule has 6 nitrogen and oxygen atoms in total. The van der Waals surface area contributed by atoms with Crippen LogP contribution in [0.1, 0.15) is 58.4 Å². The van der Waals surface area contributed by atoms with E-state index in [0.29, 0.717) is 25.4 Å². The number of likely N-dealkylation sites (tertiary alicyclic amines) is 1. The van der Waals surface area contributed by atoms with Crippen molar-refractivity contribution in [2.45, 2.75) is 77.6 Å². The number of nitrogens with one attached hydrogen (secondary N) is 1. The van der Waals surface area contributed by atoms with Gasteiger partial charge in [0.25, 0.3) is 0 Å². The number of rotatable bonds is 5. The number of hydrogen-bond acceptors (Lipinski definition) is 4. The monoisotopic (exact) mass is 402 g/mol. The van der Waals surface area contributed by atoms with Gasteiger partial charge in [0.15, 0.2) is 0 Å². The molecule has 1 aliphatic heterocycles. The third-order valence-corrected chi connectivity index (χ3v) is 6.38. The van der Waals surface area contributed by atoms with E-state index in [1.807, 2.05) is 30.3 Å². The first-order valence-electron chi connectivity index (χ1n) is 10.7. The van der Waals surface area contributed by atoms with E-state index in [2.05, 4.69) is 26.1 Å². The molecule has 2 aliphatic rings. The third-order valence-electron chi connectivity index (χ3n) is 6.38. The molecule has 0 aromatic heterocycles. The van der Waals surface area contributed by atoms with Crippen molar-refractivity contribution >= 4 is 12.1 Å². The van der Waals surface area contributed by atoms with E-state index in [-0.39, 0.29) is 17.6 Å². The van der Waals surface area contributed by atoms with E-state index in [1.54, 1.807) is 0 Å². The van der Waals surface area contributed by atoms with Crippen LogP contribution in [0.3, 0.4) is 0 Å². The Bertz CT molecular complexity index is 701. The smallest absolute Gasteiger partial charge is 0.410 e. The van der Waals surface area contributed by atoms with Crippen molar-refractivity contribution in [3.63, 3.8) is 0 Å². The Morgan fingerprint density at radius 2 is 1.90 bits per heavy atom. The number of benzene rings is 1. The topological polar surface area (TPSA) is 78.9 Å². The first-order chi connectivity index (χ1) is 13.8. The Labute approximate surface area is 173 Å². The predicted molar refractivity (Wildman–Crippen MR) is 111 cm³/mol. The van der Waals surface area contributed by atoms with Crippen LogP contribution in [0, 0.1) is 11.3 Å². The highest BCUT2D eigenvalue weighted by atomic mass is 16.6. The highest BCUT2D eigenvalue weighted by Crippen LogP contribution is 2.41. The lowest BCUT2D eigenvalue weighted by Gasteiger charge is -2.38. The van der Waals surface area contributed by atoms with Crippen LogP contribution in [0.15, 0.2) is 30.3 Å². The fourth-order valence-electron chi connectivity index (χ4n) is 4.72. The highest BCUT2D eigenvalue weighted by Gasteiger charge is 2.42. The van der Waals surface area contributed by atoms with Crippen LogP contribution in [-0.2, 0) is 16.1 Å². The second-order valence-electron chi connectivity index (χ2n) is 9.46. The van der Waals surface area contributed by atoms with Gasteiger partial charge in [-0.05, 0) is 43.1 Å². The molecular formula is C23H34N2O4. The van der Waals surface area contributed by atoms with Gasteiger partial charge in [0.2, 0.25) is 0 Å². The summed E-state index contributed by atoms with van der Waals surface area (Å²) in [5, 5.41) is 13.2. The molecule has 4 atom stereocenters. The molecule has 1 amide bonds. The third kappa shape index (κ3) is 5.50. The summed E-state index contributed by atoms with van der Waals surface area (Å²) in [7, 11) is 0. The van der Waals surface area contributed by atoms with Crippen LogP contribution < -0.4 is 5.32 Å². The van der Waals surface area contributed by atoms with Gasteiger partial charge in [-0.3, -0.25) is 4.90 Å². The second-order valence-corrected chi connectivity index (χ2v) is 9.46. The van der Waals surface area contributed by atoms with Crippen molar-refractivity contribution in [2.75, 3.05) is 6.54 Å². The molecular weight excluding hydrogens is 368 g/mol. The van der Waals surface area contributed by atoms with Crippen LogP contribution in [0.4, 0.5) is 4.79 Å². The van der Waals surface area contributed by atoms with Gasteiger partial charge >= 0.3 is 12.1 Å². The number of carbonyl (C=O) groups is 2. The maximum Gasteiger partial charge on any atom is 0.410 e. The molecule has 3 rings (SSSR count). The van der Waals surface area contributed by atoms with Gasteiger partial charge in [0.05, 0.1) is 0 Å². The first-order valence-corrected chi connectivity index (χ1v) is 10.7. The summed E-state index contributed by atoms with van der Waals surface area (Å²) in [6.07, 6.45) is 3.48. The highest BCUT2D eigenvalue weighted by molar-refractivity contribution is 5.80. The molecule has 1 saturated heterocycles. The molecule has 0 spiro atoms. The van der Waals surface area contributed by atoms with E-state index in [1.165, 1.54) is 4.90 Å². The Morgan fingerprint density at radius 3 is 2.55 bits per heavy atom. The number of hydrogen-bond donors (Lipinski definition) is 2. The second kappa shape index (κ2) is 9.16. The van der Waals surface area contributed by atoms with E-state index in [0.717, 1.165) is 31.2 Å². The lowest BCUT2D eigenvalue weighted by molar-refractivity contribution is -0.144. The molecule has 1 heterocycles. The number of nitrogens with zero attached hydrogens (tertiary/aromatic N) is 1. The lowest BCUT2D eigenvalue weighted by atomic mass is 9.78. The van der Waals surface area contributed by atoms with Crippen LogP contribution >= 0.6 is 0 Å². The molecule has 6 heteroatoms. The quantitative estimate of drug-likeness (QED) is 0.777. The van der Waals surface area contributed by atoms with Crippen molar-refractivity contribution in [2.24, 2.45) is 11.3 Å². The van der Waals surface area contributed by atoms with Gasteiger partial charge in [-0.1, -0.05) is 51.1 Å². The molecule has 2 fully saturated rings. The first kappa shape index (κ1) is 21.6. The summed E-state index contributed by atoms with van der Waals surface area (Å²) in [6.45, 7) is 7.61. The van der Waals surface area contributed by atoms with E-state index >= 15 is 0 Å². The molecule has 1 aromatic rings. The zero-order valence-electron chi connectivity index (χ0n) is 17.8. The van der Waals surface area contributed by atoms with E-state index < -0.39 is 18.1 Å². The largest absolute Gasteiger partial charge is 0.480 e. The lowest BCUT2D eigenvalue weighted by Crippen LogP contribution is -2.54. The summed E-state index contributed by atoms with van der Waals surface area (Å²) in [4.78, 5) is 26.1. The summed E-state index contributed by atoms with van der Waals surface area (Å²) in [5.41, 5.74) is 1.23. The Morgan fingerprint density at radius 1 is 1.17 bits per heavy atom. The Kier molecular flexibility index (Phi) is 6.83. The van der Waals surface area contributed by atoms with Gasteiger partial charge in [-0.25, -0.2) is 9.59 Å². The number of piperidine rings is 1. The van der Waals surface area contributed by atoms with Crippen LogP contribution in [0.25, 0.3) is 0 Å². The molecule has 29 heavy (non-hydrogen) atoms. The van der Waals surface area contributed by atoms with Gasteiger partial charge in [-0.15, -0.1) is 0 Å². The molecule has 1 aliphatic carbocycles. The number of carboxylic acid groups (broad SMARTS) is 1. The average molecular weight is 403 g/mol. The number of carbonyl (C=O) groups excluding carboxylic acids is 1. The van der Waals surface area contributed by atoms with Crippen molar-refractivity contribution in [1.82, 2.24) is 10.2 Å². The maximum absolute atomic E-state index is 12.8. The van der Waals surface area contributed by atoms with E-state index in [9.17, 15) is 14.7 Å². The molecule has 1 aromatic carbocycles.